The Hall–Kier alpha value is -1.14. The molecule has 0 spiro atoms. The third-order valence-electron chi connectivity index (χ3n) is 3.82. The Kier molecular flexibility index (Phi) is 8.70. The summed E-state index contributed by atoms with van der Waals surface area (Å²) in [6, 6.07) is 8.55. The van der Waals surface area contributed by atoms with E-state index in [1.807, 2.05) is 11.4 Å². The molecule has 3 rings (SSSR count). The molecule has 2 aromatic rings. The number of piperidine rings is 1. The van der Waals surface area contributed by atoms with Crippen molar-refractivity contribution in [2.24, 2.45) is 0 Å². The molecule has 1 aromatic heterocycles. The quantitative estimate of drug-likeness (QED) is 0.845. The molecule has 1 aliphatic rings. The summed E-state index contributed by atoms with van der Waals surface area (Å²) in [6.45, 7) is 4.00. The summed E-state index contributed by atoms with van der Waals surface area (Å²) < 4.78 is 0. The summed E-state index contributed by atoms with van der Waals surface area (Å²) in [5, 5.41) is 9.36. The van der Waals surface area contributed by atoms with Crippen LogP contribution in [0.3, 0.4) is 0 Å². The minimum absolute atomic E-state index is 0. The van der Waals surface area contributed by atoms with Gasteiger partial charge in [-0.3, -0.25) is 4.79 Å². The number of carbonyl (C=O) groups excluding carboxylic acids is 1. The van der Waals surface area contributed by atoms with Crippen LogP contribution in [0.1, 0.15) is 24.1 Å². The van der Waals surface area contributed by atoms with Crippen molar-refractivity contribution in [1.82, 2.24) is 15.6 Å². The average molecular weight is 388 g/mol. The van der Waals surface area contributed by atoms with Crippen LogP contribution < -0.4 is 10.6 Å². The summed E-state index contributed by atoms with van der Waals surface area (Å²) in [6.07, 6.45) is 2.54. The van der Waals surface area contributed by atoms with Gasteiger partial charge in [0.25, 0.3) is 0 Å². The molecule has 2 heterocycles. The van der Waals surface area contributed by atoms with E-state index >= 15 is 0 Å². The monoisotopic (exact) mass is 387 g/mol. The van der Waals surface area contributed by atoms with Crippen molar-refractivity contribution in [3.05, 3.63) is 40.9 Å². The first-order chi connectivity index (χ1) is 10.7. The summed E-state index contributed by atoms with van der Waals surface area (Å²) in [4.78, 5) is 16.7. The molecular formula is C17H23Cl2N3OS. The van der Waals surface area contributed by atoms with Crippen molar-refractivity contribution in [1.29, 1.82) is 0 Å². The van der Waals surface area contributed by atoms with Gasteiger partial charge in [0.1, 0.15) is 5.01 Å². The molecule has 1 saturated heterocycles. The number of aromatic nitrogens is 1. The summed E-state index contributed by atoms with van der Waals surface area (Å²) >= 11 is 1.60. The molecule has 0 aliphatic carbocycles. The van der Waals surface area contributed by atoms with Crippen molar-refractivity contribution in [3.63, 3.8) is 0 Å². The molecule has 0 bridgehead atoms. The highest BCUT2D eigenvalue weighted by molar-refractivity contribution is 7.13. The second-order valence-electron chi connectivity index (χ2n) is 5.80. The Balaban J connectivity index is 0.00000144. The largest absolute Gasteiger partial charge is 0.352 e. The van der Waals surface area contributed by atoms with E-state index in [1.165, 1.54) is 5.56 Å². The van der Waals surface area contributed by atoms with E-state index in [4.69, 9.17) is 0 Å². The summed E-state index contributed by atoms with van der Waals surface area (Å²) in [7, 11) is 0. The number of thiazole rings is 1. The van der Waals surface area contributed by atoms with E-state index in [1.54, 1.807) is 11.3 Å². The Labute approximate surface area is 159 Å². The maximum Gasteiger partial charge on any atom is 0.226 e. The van der Waals surface area contributed by atoms with Gasteiger partial charge >= 0.3 is 0 Å². The molecule has 0 saturated carbocycles. The van der Waals surface area contributed by atoms with Crippen LogP contribution in [0.4, 0.5) is 0 Å². The zero-order chi connectivity index (χ0) is 15.4. The van der Waals surface area contributed by atoms with E-state index < -0.39 is 0 Å². The summed E-state index contributed by atoms with van der Waals surface area (Å²) in [5.74, 6) is 0.0646. The van der Waals surface area contributed by atoms with E-state index in [9.17, 15) is 4.79 Å². The molecule has 1 atom stereocenters. The zero-order valence-electron chi connectivity index (χ0n) is 13.6. The molecule has 7 heteroatoms. The topological polar surface area (TPSA) is 54.0 Å². The third kappa shape index (κ3) is 5.74. The van der Waals surface area contributed by atoms with E-state index in [0.717, 1.165) is 42.2 Å². The maximum absolute atomic E-state index is 12.1. The first kappa shape index (κ1) is 20.9. The van der Waals surface area contributed by atoms with E-state index in [0.29, 0.717) is 6.42 Å². The number of benzene rings is 1. The number of rotatable bonds is 4. The molecule has 0 radical (unpaired) electrons. The van der Waals surface area contributed by atoms with Crippen LogP contribution >= 0.6 is 36.2 Å². The van der Waals surface area contributed by atoms with Gasteiger partial charge < -0.3 is 10.6 Å². The molecule has 4 nitrogen and oxygen atoms in total. The zero-order valence-corrected chi connectivity index (χ0v) is 16.0. The Morgan fingerprint density at radius 2 is 2.25 bits per heavy atom. The Bertz CT molecular complexity index is 657. The predicted molar refractivity (Wildman–Crippen MR) is 105 cm³/mol. The number of aryl methyl sites for hydroxylation is 1. The van der Waals surface area contributed by atoms with Gasteiger partial charge in [-0.2, -0.15) is 0 Å². The number of hydrogen-bond donors (Lipinski definition) is 2. The first-order valence-corrected chi connectivity index (χ1v) is 8.60. The van der Waals surface area contributed by atoms with Crippen LogP contribution in [0.5, 0.6) is 0 Å². The Morgan fingerprint density at radius 3 is 2.96 bits per heavy atom. The fourth-order valence-electron chi connectivity index (χ4n) is 2.72. The fourth-order valence-corrected chi connectivity index (χ4v) is 3.53. The van der Waals surface area contributed by atoms with E-state index in [-0.39, 0.29) is 36.8 Å². The second-order valence-corrected chi connectivity index (χ2v) is 6.66. The number of nitrogens with zero attached hydrogens (tertiary/aromatic N) is 1. The number of nitrogens with one attached hydrogen (secondary N) is 2. The van der Waals surface area contributed by atoms with Crippen LogP contribution in [-0.2, 0) is 11.2 Å². The average Bonchev–Trinajstić information content (AvgIpc) is 2.96. The molecule has 0 unspecified atom stereocenters. The molecule has 2 N–H and O–H groups in total. The molecule has 24 heavy (non-hydrogen) atoms. The number of hydrogen-bond acceptors (Lipinski definition) is 4. The molecule has 1 amide bonds. The normalized spacial score (nSPS) is 16.6. The van der Waals surface area contributed by atoms with Gasteiger partial charge in [0, 0.05) is 23.5 Å². The smallest absolute Gasteiger partial charge is 0.226 e. The predicted octanol–water partition coefficient (Wildman–Crippen LogP) is 3.37. The van der Waals surface area contributed by atoms with Crippen molar-refractivity contribution in [2.45, 2.75) is 32.2 Å². The van der Waals surface area contributed by atoms with Crippen LogP contribution in [0.2, 0.25) is 0 Å². The van der Waals surface area contributed by atoms with Crippen molar-refractivity contribution in [2.75, 3.05) is 13.1 Å². The fraction of sp³-hybridized carbons (Fsp3) is 0.412. The Morgan fingerprint density at radius 1 is 1.42 bits per heavy atom. The SMILES string of the molecule is Cc1cccc(-c2nc(CC(=O)N[C@H]3CCCNC3)cs2)c1.Cl.Cl. The third-order valence-corrected chi connectivity index (χ3v) is 4.76. The van der Waals surface area contributed by atoms with Gasteiger partial charge in [-0.1, -0.05) is 23.8 Å². The maximum atomic E-state index is 12.1. The molecular weight excluding hydrogens is 365 g/mol. The molecule has 1 fully saturated rings. The lowest BCUT2D eigenvalue weighted by Crippen LogP contribution is -2.46. The van der Waals surface area contributed by atoms with Crippen molar-refractivity contribution < 1.29 is 4.79 Å². The molecule has 1 aromatic carbocycles. The van der Waals surface area contributed by atoms with Crippen LogP contribution in [-0.4, -0.2) is 30.0 Å². The number of amides is 1. The van der Waals surface area contributed by atoms with Crippen LogP contribution in [0.15, 0.2) is 29.6 Å². The van der Waals surface area contributed by atoms with Gasteiger partial charge in [0.05, 0.1) is 12.1 Å². The lowest BCUT2D eigenvalue weighted by atomic mass is 10.1. The van der Waals surface area contributed by atoms with Gasteiger partial charge in [0.15, 0.2) is 0 Å². The van der Waals surface area contributed by atoms with Crippen molar-refractivity contribution in [3.8, 4) is 10.6 Å². The lowest BCUT2D eigenvalue weighted by molar-refractivity contribution is -0.121. The highest BCUT2D eigenvalue weighted by Gasteiger charge is 2.16. The minimum Gasteiger partial charge on any atom is -0.352 e. The summed E-state index contributed by atoms with van der Waals surface area (Å²) in [5.41, 5.74) is 3.19. The molecule has 132 valence electrons. The first-order valence-electron chi connectivity index (χ1n) is 7.72. The molecule has 1 aliphatic heterocycles. The lowest BCUT2D eigenvalue weighted by Gasteiger charge is -2.23. The second kappa shape index (κ2) is 9.99. The van der Waals surface area contributed by atoms with Crippen molar-refractivity contribution >= 4 is 42.1 Å². The van der Waals surface area contributed by atoms with Gasteiger partial charge in [-0.25, -0.2) is 4.98 Å². The van der Waals surface area contributed by atoms with Crippen LogP contribution in [0, 0.1) is 6.92 Å². The highest BCUT2D eigenvalue weighted by Crippen LogP contribution is 2.24. The standard InChI is InChI=1S/C17H21N3OS.2ClH/c1-12-4-2-5-13(8-12)17-20-15(11-22-17)9-16(21)19-14-6-3-7-18-10-14;;/h2,4-5,8,11,14,18H,3,6-7,9-10H2,1H3,(H,19,21);2*1H/t14-;;/m0../s1. The number of halogens is 2. The minimum atomic E-state index is 0. The van der Waals surface area contributed by atoms with Gasteiger partial charge in [-0.05, 0) is 32.4 Å². The number of carbonyl (C=O) groups is 1. The van der Waals surface area contributed by atoms with Gasteiger partial charge in [-0.15, -0.1) is 36.2 Å². The van der Waals surface area contributed by atoms with Crippen LogP contribution in [0.25, 0.3) is 10.6 Å². The van der Waals surface area contributed by atoms with E-state index in [2.05, 4.69) is 40.7 Å². The highest BCUT2D eigenvalue weighted by atomic mass is 35.5. The van der Waals surface area contributed by atoms with Gasteiger partial charge in [0.2, 0.25) is 5.91 Å².